The van der Waals surface area contributed by atoms with Crippen molar-refractivity contribution in [1.29, 1.82) is 0 Å². The van der Waals surface area contributed by atoms with E-state index in [1.165, 1.54) is 6.92 Å². The Morgan fingerprint density at radius 1 is 1.44 bits per heavy atom. The van der Waals surface area contributed by atoms with E-state index >= 15 is 0 Å². The fourth-order valence-electron chi connectivity index (χ4n) is 1.84. The van der Waals surface area contributed by atoms with E-state index in [9.17, 15) is 9.59 Å². The van der Waals surface area contributed by atoms with E-state index in [4.69, 9.17) is 0 Å². The van der Waals surface area contributed by atoms with Crippen molar-refractivity contribution in [1.82, 2.24) is 20.0 Å². The lowest BCUT2D eigenvalue weighted by Crippen LogP contribution is -2.38. The Balaban J connectivity index is 2.31. The van der Waals surface area contributed by atoms with Gasteiger partial charge in [-0.15, -0.1) is 0 Å². The first-order chi connectivity index (χ1) is 7.63. The van der Waals surface area contributed by atoms with Crippen molar-refractivity contribution in [3.8, 4) is 0 Å². The summed E-state index contributed by atoms with van der Waals surface area (Å²) in [5, 5.41) is 6.70. The van der Waals surface area contributed by atoms with Gasteiger partial charge in [0.1, 0.15) is 0 Å². The maximum Gasteiger partial charge on any atom is 0.254 e. The van der Waals surface area contributed by atoms with E-state index < -0.39 is 0 Å². The highest BCUT2D eigenvalue weighted by molar-refractivity contribution is 5.95. The summed E-state index contributed by atoms with van der Waals surface area (Å²) >= 11 is 0. The fraction of sp³-hybridized carbons (Fsp3) is 0.500. The molecule has 86 valence electrons. The predicted molar refractivity (Wildman–Crippen MR) is 56.7 cm³/mol. The van der Waals surface area contributed by atoms with Gasteiger partial charge in [0.2, 0.25) is 5.91 Å². The lowest BCUT2D eigenvalue weighted by atomic mass is 10.2. The molecule has 16 heavy (non-hydrogen) atoms. The fourth-order valence-corrected chi connectivity index (χ4v) is 1.84. The molecule has 0 unspecified atom stereocenters. The first-order valence-electron chi connectivity index (χ1n) is 5.15. The van der Waals surface area contributed by atoms with E-state index in [0.717, 1.165) is 5.69 Å². The van der Waals surface area contributed by atoms with Gasteiger partial charge >= 0.3 is 0 Å². The van der Waals surface area contributed by atoms with E-state index in [0.29, 0.717) is 25.2 Å². The van der Waals surface area contributed by atoms with Crippen LogP contribution in [-0.2, 0) is 17.9 Å². The summed E-state index contributed by atoms with van der Waals surface area (Å²) in [4.78, 5) is 24.5. The Morgan fingerprint density at radius 3 is 2.81 bits per heavy atom. The third-order valence-corrected chi connectivity index (χ3v) is 2.79. The van der Waals surface area contributed by atoms with E-state index in [1.807, 2.05) is 0 Å². The number of amides is 2. The minimum Gasteiger partial charge on any atom is -0.355 e. The SMILES string of the molecule is CNC(=O)c1cnn2c1CN(C(C)=O)CC2. The number of hydrogen-bond donors (Lipinski definition) is 1. The van der Waals surface area contributed by atoms with Crippen LogP contribution in [-0.4, -0.2) is 40.1 Å². The molecule has 2 amide bonds. The molecule has 0 aliphatic carbocycles. The van der Waals surface area contributed by atoms with Crippen molar-refractivity contribution >= 4 is 11.8 Å². The average molecular weight is 222 g/mol. The summed E-state index contributed by atoms with van der Waals surface area (Å²) in [5.74, 6) is -0.137. The molecule has 0 radical (unpaired) electrons. The van der Waals surface area contributed by atoms with Gasteiger partial charge in [0.05, 0.1) is 30.5 Å². The van der Waals surface area contributed by atoms with Gasteiger partial charge in [-0.25, -0.2) is 0 Å². The molecule has 1 N–H and O–H groups in total. The molecule has 1 aliphatic heterocycles. The smallest absolute Gasteiger partial charge is 0.254 e. The minimum absolute atomic E-state index is 0.0234. The molecule has 0 atom stereocenters. The average Bonchev–Trinajstić information content (AvgIpc) is 2.70. The summed E-state index contributed by atoms with van der Waals surface area (Å²) in [6.45, 7) is 3.28. The molecule has 0 spiro atoms. The van der Waals surface area contributed by atoms with Crippen LogP contribution in [0.2, 0.25) is 0 Å². The van der Waals surface area contributed by atoms with E-state index in [2.05, 4.69) is 10.4 Å². The summed E-state index contributed by atoms with van der Waals surface area (Å²) in [5.41, 5.74) is 1.36. The maximum absolute atomic E-state index is 11.6. The van der Waals surface area contributed by atoms with Crippen molar-refractivity contribution in [3.05, 3.63) is 17.5 Å². The molecule has 0 saturated heterocycles. The van der Waals surface area contributed by atoms with E-state index in [1.54, 1.807) is 22.8 Å². The number of carbonyl (C=O) groups excluding carboxylic acids is 2. The summed E-state index contributed by atoms with van der Waals surface area (Å²) in [7, 11) is 1.58. The van der Waals surface area contributed by atoms with Gasteiger partial charge in [-0.05, 0) is 0 Å². The van der Waals surface area contributed by atoms with Crippen LogP contribution in [0.3, 0.4) is 0 Å². The molecule has 2 heterocycles. The van der Waals surface area contributed by atoms with Gasteiger partial charge < -0.3 is 10.2 Å². The molecular weight excluding hydrogens is 208 g/mol. The van der Waals surface area contributed by atoms with Crippen LogP contribution >= 0.6 is 0 Å². The van der Waals surface area contributed by atoms with Crippen LogP contribution < -0.4 is 5.32 Å². The van der Waals surface area contributed by atoms with Gasteiger partial charge in [0.15, 0.2) is 0 Å². The van der Waals surface area contributed by atoms with Gasteiger partial charge in [-0.1, -0.05) is 0 Å². The normalized spacial score (nSPS) is 14.5. The second kappa shape index (κ2) is 3.96. The zero-order valence-corrected chi connectivity index (χ0v) is 9.36. The summed E-state index contributed by atoms with van der Waals surface area (Å²) in [6, 6.07) is 0. The second-order valence-electron chi connectivity index (χ2n) is 3.75. The van der Waals surface area contributed by atoms with Crippen molar-refractivity contribution in [2.75, 3.05) is 13.6 Å². The van der Waals surface area contributed by atoms with Gasteiger partial charge in [-0.3, -0.25) is 14.3 Å². The Labute approximate surface area is 93.2 Å². The molecule has 1 aromatic rings. The number of fused-ring (bicyclic) bond motifs is 1. The maximum atomic E-state index is 11.6. The largest absolute Gasteiger partial charge is 0.355 e. The molecule has 2 rings (SSSR count). The topological polar surface area (TPSA) is 67.2 Å². The highest BCUT2D eigenvalue weighted by atomic mass is 16.2. The highest BCUT2D eigenvalue weighted by Crippen LogP contribution is 2.16. The molecule has 1 aliphatic rings. The summed E-state index contributed by atoms with van der Waals surface area (Å²) < 4.78 is 1.78. The molecule has 0 aromatic carbocycles. The van der Waals surface area contributed by atoms with Crippen LogP contribution in [0.1, 0.15) is 23.0 Å². The predicted octanol–water partition coefficient (Wildman–Crippen LogP) is -0.395. The monoisotopic (exact) mass is 222 g/mol. The number of rotatable bonds is 1. The van der Waals surface area contributed by atoms with Gasteiger partial charge in [0.25, 0.3) is 5.91 Å². The lowest BCUT2D eigenvalue weighted by molar-refractivity contribution is -0.130. The molecular formula is C10H14N4O2. The number of hydrogen-bond acceptors (Lipinski definition) is 3. The third kappa shape index (κ3) is 1.66. The minimum atomic E-state index is -0.161. The van der Waals surface area contributed by atoms with E-state index in [-0.39, 0.29) is 11.8 Å². The first kappa shape index (κ1) is 10.7. The molecule has 1 aromatic heterocycles. The molecule has 0 bridgehead atoms. The van der Waals surface area contributed by atoms with Gasteiger partial charge in [-0.2, -0.15) is 5.10 Å². The standard InChI is InChI=1S/C10H14N4O2/c1-7(15)13-3-4-14-9(6-13)8(5-12-14)10(16)11-2/h5H,3-4,6H2,1-2H3,(H,11,16). The molecule has 0 fully saturated rings. The van der Waals surface area contributed by atoms with Crippen molar-refractivity contribution < 1.29 is 9.59 Å². The molecule has 6 nitrogen and oxygen atoms in total. The first-order valence-corrected chi connectivity index (χ1v) is 5.15. The zero-order valence-electron chi connectivity index (χ0n) is 9.36. The second-order valence-corrected chi connectivity index (χ2v) is 3.75. The van der Waals surface area contributed by atoms with Crippen LogP contribution in [0.5, 0.6) is 0 Å². The molecule has 0 saturated carbocycles. The third-order valence-electron chi connectivity index (χ3n) is 2.79. The van der Waals surface area contributed by atoms with Crippen LogP contribution in [0.15, 0.2) is 6.20 Å². The van der Waals surface area contributed by atoms with Crippen LogP contribution in [0.25, 0.3) is 0 Å². The lowest BCUT2D eigenvalue weighted by Gasteiger charge is -2.27. The van der Waals surface area contributed by atoms with Crippen molar-refractivity contribution in [2.45, 2.75) is 20.0 Å². The van der Waals surface area contributed by atoms with Crippen molar-refractivity contribution in [3.63, 3.8) is 0 Å². The summed E-state index contributed by atoms with van der Waals surface area (Å²) in [6.07, 6.45) is 1.55. The van der Waals surface area contributed by atoms with Crippen LogP contribution in [0, 0.1) is 0 Å². The van der Waals surface area contributed by atoms with Crippen molar-refractivity contribution in [2.24, 2.45) is 0 Å². The van der Waals surface area contributed by atoms with Gasteiger partial charge in [0, 0.05) is 20.5 Å². The zero-order chi connectivity index (χ0) is 11.7. The van der Waals surface area contributed by atoms with Crippen LogP contribution in [0.4, 0.5) is 0 Å². The Morgan fingerprint density at radius 2 is 2.19 bits per heavy atom. The Hall–Kier alpha value is -1.85. The number of nitrogens with zero attached hydrogens (tertiary/aromatic N) is 3. The Kier molecular flexibility index (Phi) is 2.64. The number of nitrogens with one attached hydrogen (secondary N) is 1. The quantitative estimate of drug-likeness (QED) is 0.703. The number of carbonyl (C=O) groups is 2. The number of aromatic nitrogens is 2. The Bertz CT molecular complexity index is 438. The highest BCUT2D eigenvalue weighted by Gasteiger charge is 2.24. The molecule has 6 heteroatoms.